The maximum Gasteiger partial charge on any atom is 0.323 e. The lowest BCUT2D eigenvalue weighted by Gasteiger charge is -2.19. The summed E-state index contributed by atoms with van der Waals surface area (Å²) in [6, 6.07) is 1.55. The number of rotatable bonds is 4. The third-order valence-electron chi connectivity index (χ3n) is 3.42. The van der Waals surface area contributed by atoms with Gasteiger partial charge in [0.2, 0.25) is 11.7 Å². The fourth-order valence-corrected chi connectivity index (χ4v) is 2.42. The molecule has 1 saturated heterocycles. The molecule has 1 atom stereocenters. The van der Waals surface area contributed by atoms with E-state index in [9.17, 15) is 4.79 Å². The van der Waals surface area contributed by atoms with E-state index in [1.807, 2.05) is 4.90 Å². The van der Waals surface area contributed by atoms with Crippen molar-refractivity contribution in [3.05, 3.63) is 24.5 Å². The number of esters is 1. The van der Waals surface area contributed by atoms with Crippen LogP contribution in [0.3, 0.4) is 0 Å². The van der Waals surface area contributed by atoms with E-state index >= 15 is 0 Å². The molecular formula is C13H15N3O4. The standard InChI is InChI=1S/C13H15N3O4/c1-18-13(17)10-3-2-5-16(10)7-11-14-12(15-20-11)9-4-6-19-8-9/h4,6,8,10H,2-3,5,7H2,1H3/t10-/m0/s1. The maximum absolute atomic E-state index is 11.7. The van der Waals surface area contributed by atoms with Crippen LogP contribution in [0.2, 0.25) is 0 Å². The maximum atomic E-state index is 11.7. The third kappa shape index (κ3) is 2.44. The van der Waals surface area contributed by atoms with Crippen molar-refractivity contribution in [1.82, 2.24) is 15.0 Å². The second-order valence-electron chi connectivity index (χ2n) is 4.68. The summed E-state index contributed by atoms with van der Waals surface area (Å²) in [5, 5.41) is 3.90. The molecule has 1 aliphatic rings. The van der Waals surface area contributed by atoms with Gasteiger partial charge in [0.05, 0.1) is 25.5 Å². The van der Waals surface area contributed by atoms with Crippen LogP contribution >= 0.6 is 0 Å². The number of furan rings is 1. The Bertz CT molecular complexity index is 578. The largest absolute Gasteiger partial charge is 0.472 e. The highest BCUT2D eigenvalue weighted by Gasteiger charge is 2.32. The summed E-state index contributed by atoms with van der Waals surface area (Å²) in [7, 11) is 1.41. The topological polar surface area (TPSA) is 81.6 Å². The van der Waals surface area contributed by atoms with Crippen LogP contribution in [0.4, 0.5) is 0 Å². The van der Waals surface area contributed by atoms with Gasteiger partial charge in [0.15, 0.2) is 0 Å². The van der Waals surface area contributed by atoms with Crippen LogP contribution < -0.4 is 0 Å². The van der Waals surface area contributed by atoms with Crippen molar-refractivity contribution in [1.29, 1.82) is 0 Å². The molecule has 20 heavy (non-hydrogen) atoms. The van der Waals surface area contributed by atoms with Crippen molar-refractivity contribution in [3.63, 3.8) is 0 Å². The van der Waals surface area contributed by atoms with E-state index in [2.05, 4.69) is 10.1 Å². The van der Waals surface area contributed by atoms with Gasteiger partial charge in [-0.2, -0.15) is 4.98 Å². The summed E-state index contributed by atoms with van der Waals surface area (Å²) < 4.78 is 15.0. The first kappa shape index (κ1) is 12.9. The molecule has 2 aromatic heterocycles. The van der Waals surface area contributed by atoms with Crippen molar-refractivity contribution < 1.29 is 18.5 Å². The Morgan fingerprint density at radius 2 is 2.50 bits per heavy atom. The molecule has 1 aliphatic heterocycles. The number of nitrogens with zero attached hydrogens (tertiary/aromatic N) is 3. The number of methoxy groups -OCH3 is 1. The number of hydrogen-bond donors (Lipinski definition) is 0. The highest BCUT2D eigenvalue weighted by atomic mass is 16.5. The number of likely N-dealkylation sites (tertiary alicyclic amines) is 1. The summed E-state index contributed by atoms with van der Waals surface area (Å²) >= 11 is 0. The molecule has 106 valence electrons. The minimum atomic E-state index is -0.218. The molecule has 0 aromatic carbocycles. The van der Waals surface area contributed by atoms with Crippen molar-refractivity contribution in [2.75, 3.05) is 13.7 Å². The molecule has 0 bridgehead atoms. The highest BCUT2D eigenvalue weighted by Crippen LogP contribution is 2.22. The number of aromatic nitrogens is 2. The van der Waals surface area contributed by atoms with Gasteiger partial charge < -0.3 is 13.7 Å². The van der Waals surface area contributed by atoms with E-state index in [-0.39, 0.29) is 12.0 Å². The van der Waals surface area contributed by atoms with Crippen LogP contribution in [0, 0.1) is 0 Å². The SMILES string of the molecule is COC(=O)[C@@H]1CCCN1Cc1nc(-c2ccoc2)no1. The molecule has 2 aromatic rings. The Morgan fingerprint density at radius 1 is 1.60 bits per heavy atom. The van der Waals surface area contributed by atoms with Gasteiger partial charge in [-0.1, -0.05) is 5.16 Å². The first-order valence-corrected chi connectivity index (χ1v) is 6.45. The number of carbonyl (C=O) groups is 1. The monoisotopic (exact) mass is 277 g/mol. The van der Waals surface area contributed by atoms with E-state index < -0.39 is 0 Å². The average molecular weight is 277 g/mol. The molecule has 0 spiro atoms. The summed E-state index contributed by atoms with van der Waals surface area (Å²) in [6.07, 6.45) is 4.87. The normalized spacial score (nSPS) is 19.4. The second-order valence-corrected chi connectivity index (χ2v) is 4.68. The van der Waals surface area contributed by atoms with Crippen LogP contribution in [0.1, 0.15) is 18.7 Å². The van der Waals surface area contributed by atoms with Gasteiger partial charge in [0.25, 0.3) is 0 Å². The molecule has 0 radical (unpaired) electrons. The first-order chi connectivity index (χ1) is 9.78. The zero-order chi connectivity index (χ0) is 13.9. The van der Waals surface area contributed by atoms with Gasteiger partial charge >= 0.3 is 5.97 Å². The zero-order valence-electron chi connectivity index (χ0n) is 11.1. The lowest BCUT2D eigenvalue weighted by atomic mass is 10.2. The highest BCUT2D eigenvalue weighted by molar-refractivity contribution is 5.75. The van der Waals surface area contributed by atoms with Crippen molar-refractivity contribution in [2.45, 2.75) is 25.4 Å². The minimum Gasteiger partial charge on any atom is -0.472 e. The van der Waals surface area contributed by atoms with E-state index in [1.54, 1.807) is 18.6 Å². The van der Waals surface area contributed by atoms with Gasteiger partial charge in [-0.25, -0.2) is 0 Å². The Morgan fingerprint density at radius 3 is 3.25 bits per heavy atom. The fourth-order valence-electron chi connectivity index (χ4n) is 2.42. The third-order valence-corrected chi connectivity index (χ3v) is 3.42. The molecule has 7 nitrogen and oxygen atoms in total. The Labute approximate surface area is 115 Å². The number of hydrogen-bond acceptors (Lipinski definition) is 7. The Balaban J connectivity index is 1.70. The number of ether oxygens (including phenoxy) is 1. The average Bonchev–Trinajstić information content (AvgIpc) is 3.19. The van der Waals surface area contributed by atoms with Crippen molar-refractivity contribution in [3.8, 4) is 11.4 Å². The van der Waals surface area contributed by atoms with Gasteiger partial charge in [0.1, 0.15) is 12.3 Å². The molecule has 0 unspecified atom stereocenters. The molecule has 3 rings (SSSR count). The summed E-state index contributed by atoms with van der Waals surface area (Å²) in [4.78, 5) is 18.0. The van der Waals surface area contributed by atoms with Gasteiger partial charge in [-0.05, 0) is 25.5 Å². The predicted molar refractivity (Wildman–Crippen MR) is 67.4 cm³/mol. The lowest BCUT2D eigenvalue weighted by Crippen LogP contribution is -2.36. The number of carbonyl (C=O) groups excluding carboxylic acids is 1. The zero-order valence-corrected chi connectivity index (χ0v) is 11.1. The Kier molecular flexibility index (Phi) is 3.51. The smallest absolute Gasteiger partial charge is 0.323 e. The second kappa shape index (κ2) is 5.46. The molecule has 0 aliphatic carbocycles. The van der Waals surface area contributed by atoms with Crippen LogP contribution in [0.5, 0.6) is 0 Å². The minimum absolute atomic E-state index is 0.211. The van der Waals surface area contributed by atoms with Crippen LogP contribution in [0.25, 0.3) is 11.4 Å². The van der Waals surface area contributed by atoms with Crippen LogP contribution in [-0.2, 0) is 16.1 Å². The molecule has 3 heterocycles. The quantitative estimate of drug-likeness (QED) is 0.782. The first-order valence-electron chi connectivity index (χ1n) is 6.45. The van der Waals surface area contributed by atoms with Crippen LogP contribution in [-0.4, -0.2) is 40.7 Å². The molecule has 0 saturated carbocycles. The van der Waals surface area contributed by atoms with Crippen molar-refractivity contribution in [2.24, 2.45) is 0 Å². The summed E-state index contributed by atoms with van der Waals surface area (Å²) in [5.74, 6) is 0.761. The molecule has 0 N–H and O–H groups in total. The van der Waals surface area contributed by atoms with E-state index in [0.717, 1.165) is 24.9 Å². The van der Waals surface area contributed by atoms with Gasteiger partial charge in [-0.15, -0.1) is 0 Å². The van der Waals surface area contributed by atoms with E-state index in [1.165, 1.54) is 7.11 Å². The molecular weight excluding hydrogens is 262 g/mol. The van der Waals surface area contributed by atoms with Gasteiger partial charge in [0, 0.05) is 0 Å². The summed E-state index contributed by atoms with van der Waals surface area (Å²) in [6.45, 7) is 1.27. The lowest BCUT2D eigenvalue weighted by molar-refractivity contribution is -0.146. The predicted octanol–water partition coefficient (Wildman–Crippen LogP) is 1.47. The van der Waals surface area contributed by atoms with E-state index in [4.69, 9.17) is 13.7 Å². The summed E-state index contributed by atoms with van der Waals surface area (Å²) in [5.41, 5.74) is 0.769. The molecule has 1 fully saturated rings. The van der Waals surface area contributed by atoms with Crippen molar-refractivity contribution >= 4 is 5.97 Å². The van der Waals surface area contributed by atoms with Gasteiger partial charge in [-0.3, -0.25) is 9.69 Å². The Hall–Kier alpha value is -2.15. The molecule has 0 amide bonds. The van der Waals surface area contributed by atoms with Crippen LogP contribution in [0.15, 0.2) is 27.5 Å². The van der Waals surface area contributed by atoms with E-state index in [0.29, 0.717) is 18.3 Å². The fraction of sp³-hybridized carbons (Fsp3) is 0.462. The molecule has 7 heteroatoms.